The molecule has 4 N–H and O–H groups in total. The molecule has 1 aromatic heterocycles. The second-order valence-electron chi connectivity index (χ2n) is 7.71. The number of hydroxylamine groups is 1. The number of nitrogens with one attached hydrogen (secondary N) is 2. The number of aromatic amines is 1. The highest BCUT2D eigenvalue weighted by molar-refractivity contribution is 6.58. The van der Waals surface area contributed by atoms with E-state index < -0.39 is 0 Å². The second kappa shape index (κ2) is 10.2. The number of amides is 1. The molecule has 2 aromatic carbocycles. The lowest BCUT2D eigenvalue weighted by molar-refractivity contribution is -0.129. The first-order chi connectivity index (χ1) is 16.1. The Bertz CT molecular complexity index is 1210. The Morgan fingerprint density at radius 1 is 1.15 bits per heavy atom. The van der Waals surface area contributed by atoms with E-state index >= 15 is 0 Å². The number of hydrogen-bond donors (Lipinski definition) is 4. The molecule has 0 bridgehead atoms. The molecule has 1 amide bonds. The molecule has 172 valence electrons. The van der Waals surface area contributed by atoms with Gasteiger partial charge in [0.2, 0.25) is 5.91 Å². The molecular formula is C24H26N4O5. The average molecular weight is 450 g/mol. The van der Waals surface area contributed by atoms with E-state index in [9.17, 15) is 9.90 Å². The van der Waals surface area contributed by atoms with Crippen LogP contribution in [0.3, 0.4) is 0 Å². The van der Waals surface area contributed by atoms with Crippen LogP contribution in [0.4, 0.5) is 5.69 Å². The number of unbranched alkanes of at least 4 members (excludes halogenated alkanes) is 3. The highest BCUT2D eigenvalue weighted by Crippen LogP contribution is 2.36. The molecule has 9 heteroatoms. The standard InChI is InChI=1S/C24H26N4O5/c1-32-15-11-12-16-19(14-15)26-24(30)21(16)23-22(17-8-5-6-9-18(17)25-23)28-33-13-7-3-2-4-10-20(29)27-31/h5-6,8-9,11-12,14,26,30-31H,2-4,7,10,13H2,1H3,(H,27,29)/b28-22+. The lowest BCUT2D eigenvalue weighted by Gasteiger charge is -2.06. The summed E-state index contributed by atoms with van der Waals surface area (Å²) in [4.78, 5) is 24.4. The fourth-order valence-corrected chi connectivity index (χ4v) is 3.84. The van der Waals surface area contributed by atoms with Crippen molar-refractivity contribution in [1.29, 1.82) is 0 Å². The highest BCUT2D eigenvalue weighted by atomic mass is 16.6. The number of carbonyl (C=O) groups is 1. The molecule has 0 saturated carbocycles. The Hall–Kier alpha value is -3.85. The highest BCUT2D eigenvalue weighted by Gasteiger charge is 2.29. The van der Waals surface area contributed by atoms with Crippen molar-refractivity contribution in [2.75, 3.05) is 13.7 Å². The lowest BCUT2D eigenvalue weighted by Crippen LogP contribution is -2.17. The molecule has 0 atom stereocenters. The minimum Gasteiger partial charge on any atom is -0.497 e. The van der Waals surface area contributed by atoms with Crippen LogP contribution >= 0.6 is 0 Å². The van der Waals surface area contributed by atoms with Gasteiger partial charge in [-0.05, 0) is 37.5 Å². The minimum atomic E-state index is -0.372. The van der Waals surface area contributed by atoms with Crippen LogP contribution in [0.5, 0.6) is 11.6 Å². The third kappa shape index (κ3) is 4.83. The number of methoxy groups -OCH3 is 1. The number of benzene rings is 2. The monoisotopic (exact) mass is 450 g/mol. The first-order valence-electron chi connectivity index (χ1n) is 10.8. The molecule has 2 heterocycles. The first kappa shape index (κ1) is 22.3. The van der Waals surface area contributed by atoms with Crippen LogP contribution in [-0.4, -0.2) is 46.3 Å². The number of ether oxygens (including phenoxy) is 1. The van der Waals surface area contributed by atoms with Gasteiger partial charge < -0.3 is 19.7 Å². The van der Waals surface area contributed by atoms with Gasteiger partial charge in [0.15, 0.2) is 5.88 Å². The number of nitrogens with zero attached hydrogens (tertiary/aromatic N) is 2. The number of aromatic hydroxyl groups is 1. The molecule has 0 fully saturated rings. The smallest absolute Gasteiger partial charge is 0.243 e. The maximum Gasteiger partial charge on any atom is 0.243 e. The van der Waals surface area contributed by atoms with Crippen molar-refractivity contribution in [3.63, 3.8) is 0 Å². The summed E-state index contributed by atoms with van der Waals surface area (Å²) in [7, 11) is 1.59. The van der Waals surface area contributed by atoms with Crippen LogP contribution in [-0.2, 0) is 9.63 Å². The quantitative estimate of drug-likeness (QED) is 0.209. The largest absolute Gasteiger partial charge is 0.497 e. The van der Waals surface area contributed by atoms with Gasteiger partial charge in [-0.25, -0.2) is 10.5 Å². The van der Waals surface area contributed by atoms with Gasteiger partial charge in [-0.2, -0.15) is 0 Å². The summed E-state index contributed by atoms with van der Waals surface area (Å²) in [6, 6.07) is 13.2. The van der Waals surface area contributed by atoms with Crippen LogP contribution < -0.4 is 10.2 Å². The number of hydrogen-bond acceptors (Lipinski definition) is 7. The van der Waals surface area contributed by atoms with Crippen molar-refractivity contribution in [2.45, 2.75) is 32.1 Å². The molecule has 0 radical (unpaired) electrons. The average Bonchev–Trinajstić information content (AvgIpc) is 3.35. The van der Waals surface area contributed by atoms with Gasteiger partial charge in [-0.3, -0.25) is 10.0 Å². The number of carbonyl (C=O) groups excluding carboxylic acids is 1. The van der Waals surface area contributed by atoms with Crippen LogP contribution in [0, 0.1) is 0 Å². The summed E-state index contributed by atoms with van der Waals surface area (Å²) in [5.74, 6) is 0.314. The molecule has 0 saturated heterocycles. The molecule has 9 nitrogen and oxygen atoms in total. The number of rotatable bonds is 10. The van der Waals surface area contributed by atoms with Crippen molar-refractivity contribution in [2.24, 2.45) is 10.1 Å². The number of H-pyrrole nitrogens is 1. The molecule has 0 aliphatic carbocycles. The lowest BCUT2D eigenvalue weighted by atomic mass is 10.0. The van der Waals surface area contributed by atoms with Gasteiger partial charge in [0, 0.05) is 23.4 Å². The van der Waals surface area contributed by atoms with Crippen molar-refractivity contribution in [1.82, 2.24) is 10.5 Å². The van der Waals surface area contributed by atoms with Crippen LogP contribution in [0.25, 0.3) is 10.9 Å². The number of oxime groups is 1. The van der Waals surface area contributed by atoms with Crippen molar-refractivity contribution in [3.8, 4) is 11.6 Å². The molecule has 1 aliphatic rings. The Morgan fingerprint density at radius 2 is 1.97 bits per heavy atom. The normalized spacial score (nSPS) is 13.8. The molecule has 3 aromatic rings. The van der Waals surface area contributed by atoms with Gasteiger partial charge in [-0.1, -0.05) is 29.8 Å². The Morgan fingerprint density at radius 3 is 2.79 bits per heavy atom. The van der Waals surface area contributed by atoms with Gasteiger partial charge >= 0.3 is 0 Å². The summed E-state index contributed by atoms with van der Waals surface area (Å²) in [5, 5.41) is 24.4. The summed E-state index contributed by atoms with van der Waals surface area (Å²) in [5.41, 5.74) is 5.64. The molecule has 0 unspecified atom stereocenters. The Labute approximate surface area is 190 Å². The predicted octanol–water partition coefficient (Wildman–Crippen LogP) is 4.19. The zero-order valence-electron chi connectivity index (χ0n) is 18.3. The third-order valence-corrected chi connectivity index (χ3v) is 5.51. The van der Waals surface area contributed by atoms with Gasteiger partial charge in [-0.15, -0.1) is 0 Å². The van der Waals surface area contributed by atoms with E-state index in [4.69, 9.17) is 19.8 Å². The van der Waals surface area contributed by atoms with Crippen molar-refractivity contribution in [3.05, 3.63) is 53.6 Å². The Kier molecular flexibility index (Phi) is 6.89. The van der Waals surface area contributed by atoms with Gasteiger partial charge in [0.1, 0.15) is 23.8 Å². The Balaban J connectivity index is 1.50. The van der Waals surface area contributed by atoms with Crippen molar-refractivity contribution >= 4 is 33.9 Å². The van der Waals surface area contributed by atoms with E-state index in [-0.39, 0.29) is 11.8 Å². The van der Waals surface area contributed by atoms with E-state index in [1.807, 2.05) is 42.5 Å². The molecule has 0 spiro atoms. The SMILES string of the molecule is COc1ccc2c(C3=Nc4ccccc4/C3=N\OCCCCCCC(=O)NO)c(O)[nH]c2c1. The van der Waals surface area contributed by atoms with Gasteiger partial charge in [0.25, 0.3) is 0 Å². The maximum atomic E-state index is 11.0. The number of para-hydroxylation sites is 1. The minimum absolute atomic E-state index is 0.00410. The van der Waals surface area contributed by atoms with E-state index in [2.05, 4.69) is 10.1 Å². The number of fused-ring (bicyclic) bond motifs is 2. The summed E-state index contributed by atoms with van der Waals surface area (Å²) < 4.78 is 5.28. The zero-order valence-corrected chi connectivity index (χ0v) is 18.3. The number of aliphatic imine (C=N–C) groups is 1. The van der Waals surface area contributed by atoms with E-state index in [1.165, 1.54) is 0 Å². The predicted molar refractivity (Wildman–Crippen MR) is 125 cm³/mol. The second-order valence-corrected chi connectivity index (χ2v) is 7.71. The van der Waals surface area contributed by atoms with E-state index in [1.54, 1.807) is 12.6 Å². The summed E-state index contributed by atoms with van der Waals surface area (Å²) >= 11 is 0. The van der Waals surface area contributed by atoms with Gasteiger partial charge in [0.05, 0.1) is 23.9 Å². The first-order valence-corrected chi connectivity index (χ1v) is 10.8. The van der Waals surface area contributed by atoms with Crippen LogP contribution in [0.1, 0.15) is 43.2 Å². The molecular weight excluding hydrogens is 424 g/mol. The molecule has 33 heavy (non-hydrogen) atoms. The summed E-state index contributed by atoms with van der Waals surface area (Å²) in [6.45, 7) is 0.419. The van der Waals surface area contributed by atoms with Crippen LogP contribution in [0.15, 0.2) is 52.6 Å². The maximum absolute atomic E-state index is 11.0. The van der Waals surface area contributed by atoms with Crippen LogP contribution in [0.2, 0.25) is 0 Å². The topological polar surface area (TPSA) is 129 Å². The fraction of sp³-hybridized carbons (Fsp3) is 0.292. The molecule has 4 rings (SSSR count). The van der Waals surface area contributed by atoms with E-state index in [0.29, 0.717) is 42.2 Å². The summed E-state index contributed by atoms with van der Waals surface area (Å²) in [6.07, 6.45) is 3.53. The number of aromatic nitrogens is 1. The fourth-order valence-electron chi connectivity index (χ4n) is 3.84. The molecule has 1 aliphatic heterocycles. The third-order valence-electron chi connectivity index (χ3n) is 5.51. The zero-order chi connectivity index (χ0) is 23.2. The van der Waals surface area contributed by atoms with Crippen molar-refractivity contribution < 1.29 is 24.7 Å². The van der Waals surface area contributed by atoms with E-state index in [0.717, 1.165) is 41.4 Å².